The largest absolute Gasteiger partial charge is 0.271 e. The predicted octanol–water partition coefficient (Wildman–Crippen LogP) is 1.47. The maximum Gasteiger partial charge on any atom is 0.0509 e. The summed E-state index contributed by atoms with van der Waals surface area (Å²) in [6, 6.07) is 4.12. The van der Waals surface area contributed by atoms with Crippen LogP contribution in [0.25, 0.3) is 0 Å². The number of aromatic nitrogens is 1. The fourth-order valence-corrected chi connectivity index (χ4v) is 1.15. The first-order valence-corrected chi connectivity index (χ1v) is 4.27. The number of hydrogen-bond donors (Lipinski definition) is 2. The van der Waals surface area contributed by atoms with Gasteiger partial charge >= 0.3 is 0 Å². The molecular weight excluding hydrogens is 162 g/mol. The van der Waals surface area contributed by atoms with Crippen LogP contribution >= 0.6 is 0 Å². The van der Waals surface area contributed by atoms with Crippen LogP contribution in [-0.4, -0.2) is 4.98 Å². The Bertz CT molecular complexity index is 266. The van der Waals surface area contributed by atoms with Crippen LogP contribution in [0.1, 0.15) is 23.7 Å². The Hall–Kier alpha value is -1.19. The van der Waals surface area contributed by atoms with Crippen molar-refractivity contribution in [2.75, 3.05) is 0 Å². The molecule has 1 rings (SSSR count). The number of aryl methyl sites for hydroxylation is 1. The van der Waals surface area contributed by atoms with Gasteiger partial charge in [-0.3, -0.25) is 16.3 Å². The average molecular weight is 177 g/mol. The van der Waals surface area contributed by atoms with Gasteiger partial charge in [0.05, 0.1) is 6.04 Å². The molecule has 1 atom stereocenters. The third-order valence-electron chi connectivity index (χ3n) is 1.94. The van der Waals surface area contributed by atoms with Gasteiger partial charge < -0.3 is 0 Å². The molecule has 0 aromatic carbocycles. The summed E-state index contributed by atoms with van der Waals surface area (Å²) < 4.78 is 0. The molecule has 1 aromatic heterocycles. The molecule has 0 radical (unpaired) electrons. The van der Waals surface area contributed by atoms with E-state index < -0.39 is 0 Å². The van der Waals surface area contributed by atoms with E-state index in [4.69, 9.17) is 5.84 Å². The second kappa shape index (κ2) is 4.74. The zero-order valence-corrected chi connectivity index (χ0v) is 7.83. The van der Waals surface area contributed by atoms with Crippen molar-refractivity contribution in [2.45, 2.75) is 19.4 Å². The van der Waals surface area contributed by atoms with Gasteiger partial charge in [0, 0.05) is 11.9 Å². The lowest BCUT2D eigenvalue weighted by molar-refractivity contribution is 0.559. The van der Waals surface area contributed by atoms with Gasteiger partial charge in [-0.15, -0.1) is 6.58 Å². The summed E-state index contributed by atoms with van der Waals surface area (Å²) in [6.45, 7) is 5.64. The molecule has 3 heteroatoms. The molecule has 3 nitrogen and oxygen atoms in total. The van der Waals surface area contributed by atoms with Crippen LogP contribution in [0.2, 0.25) is 0 Å². The van der Waals surface area contributed by atoms with Gasteiger partial charge in [-0.25, -0.2) is 0 Å². The summed E-state index contributed by atoms with van der Waals surface area (Å²) in [5.74, 6) is 5.40. The number of nitrogens with two attached hydrogens (primary N) is 1. The summed E-state index contributed by atoms with van der Waals surface area (Å²) in [7, 11) is 0. The minimum absolute atomic E-state index is 0.116. The number of hydrogen-bond acceptors (Lipinski definition) is 3. The summed E-state index contributed by atoms with van der Waals surface area (Å²) in [6.07, 6.45) is 4.48. The molecule has 0 aliphatic heterocycles. The molecule has 0 aliphatic rings. The van der Waals surface area contributed by atoms with Crippen molar-refractivity contribution in [1.29, 1.82) is 0 Å². The quantitative estimate of drug-likeness (QED) is 0.416. The second-order valence-corrected chi connectivity index (χ2v) is 2.98. The van der Waals surface area contributed by atoms with Crippen LogP contribution in [0, 0.1) is 6.92 Å². The predicted molar refractivity (Wildman–Crippen MR) is 53.9 cm³/mol. The third kappa shape index (κ3) is 2.65. The van der Waals surface area contributed by atoms with Crippen molar-refractivity contribution in [3.05, 3.63) is 42.2 Å². The van der Waals surface area contributed by atoms with Crippen molar-refractivity contribution >= 4 is 0 Å². The van der Waals surface area contributed by atoms with Crippen molar-refractivity contribution in [3.63, 3.8) is 0 Å². The Labute approximate surface area is 78.6 Å². The fourth-order valence-electron chi connectivity index (χ4n) is 1.15. The summed E-state index contributed by atoms with van der Waals surface area (Å²) in [5, 5.41) is 0. The standard InChI is InChI=1S/C10H15N3/c1-3-4-10(13-11)9-6-5-8(2)12-7-9/h3,5-7,10,13H,1,4,11H2,2H3. The minimum atomic E-state index is 0.116. The number of hydrazine groups is 1. The maximum atomic E-state index is 5.40. The molecule has 0 bridgehead atoms. The van der Waals surface area contributed by atoms with E-state index in [9.17, 15) is 0 Å². The summed E-state index contributed by atoms with van der Waals surface area (Å²) in [5.41, 5.74) is 4.83. The van der Waals surface area contributed by atoms with E-state index in [1.54, 1.807) is 0 Å². The molecule has 70 valence electrons. The van der Waals surface area contributed by atoms with Gasteiger partial charge in [0.1, 0.15) is 0 Å². The molecule has 0 saturated carbocycles. The SMILES string of the molecule is C=CCC(NN)c1ccc(C)nc1. The molecule has 0 fully saturated rings. The van der Waals surface area contributed by atoms with Gasteiger partial charge in [0.15, 0.2) is 0 Å². The Morgan fingerprint density at radius 2 is 2.46 bits per heavy atom. The molecule has 0 amide bonds. The van der Waals surface area contributed by atoms with E-state index in [0.717, 1.165) is 17.7 Å². The highest BCUT2D eigenvalue weighted by molar-refractivity contribution is 5.17. The molecule has 0 spiro atoms. The lowest BCUT2D eigenvalue weighted by Gasteiger charge is -2.13. The Kier molecular flexibility index (Phi) is 3.61. The van der Waals surface area contributed by atoms with E-state index in [0.29, 0.717) is 0 Å². The fraction of sp³-hybridized carbons (Fsp3) is 0.300. The molecule has 1 unspecified atom stereocenters. The Morgan fingerprint density at radius 3 is 2.92 bits per heavy atom. The topological polar surface area (TPSA) is 50.9 Å². The van der Waals surface area contributed by atoms with E-state index in [1.807, 2.05) is 31.3 Å². The average Bonchev–Trinajstić information content (AvgIpc) is 2.16. The van der Waals surface area contributed by atoms with Crippen LogP contribution in [0.5, 0.6) is 0 Å². The van der Waals surface area contributed by atoms with E-state index in [1.165, 1.54) is 0 Å². The lowest BCUT2D eigenvalue weighted by Crippen LogP contribution is -2.27. The Balaban J connectivity index is 2.78. The van der Waals surface area contributed by atoms with Gasteiger partial charge in [-0.1, -0.05) is 12.1 Å². The first kappa shape index (κ1) is 9.89. The highest BCUT2D eigenvalue weighted by Crippen LogP contribution is 2.14. The van der Waals surface area contributed by atoms with E-state index in [-0.39, 0.29) is 6.04 Å². The van der Waals surface area contributed by atoms with Gasteiger partial charge in [0.2, 0.25) is 0 Å². The van der Waals surface area contributed by atoms with Crippen LogP contribution in [0.3, 0.4) is 0 Å². The molecule has 1 heterocycles. The first-order chi connectivity index (χ1) is 6.27. The summed E-state index contributed by atoms with van der Waals surface area (Å²) >= 11 is 0. The monoisotopic (exact) mass is 177 g/mol. The molecule has 3 N–H and O–H groups in total. The molecule has 0 saturated heterocycles. The maximum absolute atomic E-state index is 5.40. The van der Waals surface area contributed by atoms with Gasteiger partial charge in [0.25, 0.3) is 0 Å². The van der Waals surface area contributed by atoms with Crippen molar-refractivity contribution in [2.24, 2.45) is 5.84 Å². The molecular formula is C10H15N3. The Morgan fingerprint density at radius 1 is 1.69 bits per heavy atom. The number of rotatable bonds is 4. The van der Waals surface area contributed by atoms with Crippen LogP contribution in [-0.2, 0) is 0 Å². The number of pyridine rings is 1. The number of nitrogens with zero attached hydrogens (tertiary/aromatic N) is 1. The highest BCUT2D eigenvalue weighted by Gasteiger charge is 2.06. The third-order valence-corrected chi connectivity index (χ3v) is 1.94. The summed E-state index contributed by atoms with van der Waals surface area (Å²) in [4.78, 5) is 4.20. The molecule has 13 heavy (non-hydrogen) atoms. The van der Waals surface area contributed by atoms with Gasteiger partial charge in [-0.05, 0) is 25.0 Å². The van der Waals surface area contributed by atoms with Crippen LogP contribution in [0.15, 0.2) is 31.0 Å². The van der Waals surface area contributed by atoms with Crippen molar-refractivity contribution in [3.8, 4) is 0 Å². The van der Waals surface area contributed by atoms with E-state index in [2.05, 4.69) is 17.0 Å². The van der Waals surface area contributed by atoms with Crippen molar-refractivity contribution < 1.29 is 0 Å². The number of nitrogens with one attached hydrogen (secondary N) is 1. The highest BCUT2D eigenvalue weighted by atomic mass is 15.2. The van der Waals surface area contributed by atoms with Gasteiger partial charge in [-0.2, -0.15) is 0 Å². The smallest absolute Gasteiger partial charge is 0.0509 e. The zero-order valence-electron chi connectivity index (χ0n) is 7.83. The molecule has 0 aliphatic carbocycles. The lowest BCUT2D eigenvalue weighted by atomic mass is 10.1. The molecule has 1 aromatic rings. The normalized spacial score (nSPS) is 12.5. The second-order valence-electron chi connectivity index (χ2n) is 2.98. The first-order valence-electron chi connectivity index (χ1n) is 4.27. The van der Waals surface area contributed by atoms with E-state index >= 15 is 0 Å². The zero-order chi connectivity index (χ0) is 9.68. The van der Waals surface area contributed by atoms with Crippen LogP contribution in [0.4, 0.5) is 0 Å². The minimum Gasteiger partial charge on any atom is -0.271 e. The van der Waals surface area contributed by atoms with Crippen LogP contribution < -0.4 is 11.3 Å². The van der Waals surface area contributed by atoms with Crippen molar-refractivity contribution in [1.82, 2.24) is 10.4 Å².